The van der Waals surface area contributed by atoms with Gasteiger partial charge in [0.2, 0.25) is 5.78 Å². The Morgan fingerprint density at radius 3 is 2.14 bits per heavy atom. The van der Waals surface area contributed by atoms with Gasteiger partial charge in [0.05, 0.1) is 20.7 Å². The fourth-order valence-electron chi connectivity index (χ4n) is 2.36. The van der Waals surface area contributed by atoms with E-state index >= 15 is 0 Å². The predicted octanol–water partition coefficient (Wildman–Crippen LogP) is 4.97. The fraction of sp³-hybridized carbons (Fsp3) is 0.0500. The number of rotatable bonds is 3. The third-order valence-electron chi connectivity index (χ3n) is 3.88. The molecular formula is C20H13Cl3N2O3S. The minimum Gasteiger partial charge on any atom is -0.287 e. The number of hydrogen-bond donors (Lipinski definition) is 0. The van der Waals surface area contributed by atoms with E-state index in [1.165, 1.54) is 18.2 Å². The second-order valence-electron chi connectivity index (χ2n) is 6.02. The normalized spacial score (nSPS) is 17.0. The average Bonchev–Trinajstić information content (AvgIpc) is 2.70. The molecule has 29 heavy (non-hydrogen) atoms. The zero-order chi connectivity index (χ0) is 21.2. The largest absolute Gasteiger partial charge is 0.287 e. The SMILES string of the molecule is Cc1ccc(S(=O)(=O)N=C(N=C2C=C(Cl)C(=O)C(Cl)=C2Cl)c2ccccc2)cc1. The summed E-state index contributed by atoms with van der Waals surface area (Å²) >= 11 is 17.9. The van der Waals surface area contributed by atoms with Crippen LogP contribution in [-0.4, -0.2) is 25.7 Å². The van der Waals surface area contributed by atoms with E-state index in [2.05, 4.69) is 9.39 Å². The highest BCUT2D eigenvalue weighted by atomic mass is 35.5. The molecule has 0 unspecified atom stereocenters. The van der Waals surface area contributed by atoms with Crippen LogP contribution in [0.2, 0.25) is 0 Å². The average molecular weight is 468 g/mol. The van der Waals surface area contributed by atoms with Crippen LogP contribution < -0.4 is 0 Å². The third-order valence-corrected chi connectivity index (χ3v) is 6.28. The van der Waals surface area contributed by atoms with Crippen LogP contribution in [0.1, 0.15) is 11.1 Å². The van der Waals surface area contributed by atoms with Crippen molar-refractivity contribution in [2.45, 2.75) is 11.8 Å². The molecule has 0 aliphatic heterocycles. The molecule has 0 heterocycles. The highest BCUT2D eigenvalue weighted by Gasteiger charge is 2.25. The van der Waals surface area contributed by atoms with E-state index < -0.39 is 15.8 Å². The van der Waals surface area contributed by atoms with Crippen LogP contribution in [0.3, 0.4) is 0 Å². The van der Waals surface area contributed by atoms with Crippen LogP contribution in [-0.2, 0) is 14.8 Å². The summed E-state index contributed by atoms with van der Waals surface area (Å²) in [7, 11) is -4.06. The highest BCUT2D eigenvalue weighted by Crippen LogP contribution is 2.28. The number of ketones is 1. The Balaban J connectivity index is 2.18. The summed E-state index contributed by atoms with van der Waals surface area (Å²) in [6, 6.07) is 14.7. The van der Waals surface area contributed by atoms with Crippen molar-refractivity contribution in [1.82, 2.24) is 0 Å². The van der Waals surface area contributed by atoms with Crippen LogP contribution in [0, 0.1) is 6.92 Å². The lowest BCUT2D eigenvalue weighted by atomic mass is 10.1. The van der Waals surface area contributed by atoms with Crippen molar-refractivity contribution in [3.05, 3.63) is 86.9 Å². The van der Waals surface area contributed by atoms with Gasteiger partial charge in [0.25, 0.3) is 10.0 Å². The summed E-state index contributed by atoms with van der Waals surface area (Å²) in [6.45, 7) is 1.85. The molecule has 3 rings (SSSR count). The van der Waals surface area contributed by atoms with Gasteiger partial charge in [-0.05, 0) is 25.1 Å². The highest BCUT2D eigenvalue weighted by molar-refractivity contribution is 7.90. The molecular weight excluding hydrogens is 455 g/mol. The van der Waals surface area contributed by atoms with Gasteiger partial charge < -0.3 is 0 Å². The Hall–Kier alpha value is -2.25. The molecule has 0 fully saturated rings. The maximum Gasteiger partial charge on any atom is 0.284 e. The van der Waals surface area contributed by atoms with Crippen LogP contribution in [0.5, 0.6) is 0 Å². The maximum absolute atomic E-state index is 12.8. The lowest BCUT2D eigenvalue weighted by Crippen LogP contribution is -2.14. The van der Waals surface area contributed by atoms with Gasteiger partial charge >= 0.3 is 0 Å². The number of carbonyl (C=O) groups is 1. The zero-order valence-corrected chi connectivity index (χ0v) is 18.0. The number of hydrogen-bond acceptors (Lipinski definition) is 3. The van der Waals surface area contributed by atoms with Crippen molar-refractivity contribution in [2.24, 2.45) is 9.39 Å². The van der Waals surface area contributed by atoms with E-state index in [1.807, 2.05) is 6.92 Å². The molecule has 0 N–H and O–H groups in total. The van der Waals surface area contributed by atoms with E-state index in [0.29, 0.717) is 5.56 Å². The van der Waals surface area contributed by atoms with Crippen LogP contribution >= 0.6 is 34.8 Å². The molecule has 1 aliphatic rings. The van der Waals surface area contributed by atoms with Crippen molar-refractivity contribution in [2.75, 3.05) is 0 Å². The number of halogens is 3. The number of aryl methyl sites for hydroxylation is 1. The van der Waals surface area contributed by atoms with Crippen LogP contribution in [0.25, 0.3) is 0 Å². The number of allylic oxidation sites excluding steroid dienone is 4. The van der Waals surface area contributed by atoms with E-state index in [0.717, 1.165) is 5.56 Å². The van der Waals surface area contributed by atoms with E-state index in [-0.39, 0.29) is 31.5 Å². The maximum atomic E-state index is 12.8. The first kappa shape index (κ1) is 21.5. The lowest BCUT2D eigenvalue weighted by molar-refractivity contribution is -0.111. The van der Waals surface area contributed by atoms with Crippen molar-refractivity contribution in [3.63, 3.8) is 0 Å². The second-order valence-corrected chi connectivity index (χ2v) is 8.78. The summed E-state index contributed by atoms with van der Waals surface area (Å²) in [4.78, 5) is 16.1. The number of amidine groups is 1. The minimum absolute atomic E-state index is 0.0174. The molecule has 0 amide bonds. The summed E-state index contributed by atoms with van der Waals surface area (Å²) in [5.74, 6) is -0.762. The van der Waals surface area contributed by atoms with Crippen molar-refractivity contribution in [1.29, 1.82) is 0 Å². The summed E-state index contributed by atoms with van der Waals surface area (Å²) in [5, 5.41) is -0.629. The quantitative estimate of drug-likeness (QED) is 0.363. The predicted molar refractivity (Wildman–Crippen MR) is 116 cm³/mol. The first-order valence-corrected chi connectivity index (χ1v) is 10.8. The Kier molecular flexibility index (Phi) is 6.39. The van der Waals surface area contributed by atoms with E-state index in [1.54, 1.807) is 42.5 Å². The van der Waals surface area contributed by atoms with E-state index in [9.17, 15) is 13.2 Å². The number of sulfonamides is 1. The van der Waals surface area contributed by atoms with Crippen LogP contribution in [0.15, 0.2) is 90.1 Å². The molecule has 0 saturated carbocycles. The molecule has 2 aromatic carbocycles. The molecule has 0 aromatic heterocycles. The first-order chi connectivity index (χ1) is 13.7. The van der Waals surface area contributed by atoms with Gasteiger partial charge in [-0.2, -0.15) is 8.42 Å². The summed E-state index contributed by atoms with van der Waals surface area (Å²) in [5.41, 5.74) is 1.37. The first-order valence-electron chi connectivity index (χ1n) is 8.22. The Morgan fingerprint density at radius 2 is 1.52 bits per heavy atom. The molecule has 0 radical (unpaired) electrons. The van der Waals surface area contributed by atoms with Gasteiger partial charge in [0, 0.05) is 5.56 Å². The Labute approximate surface area is 183 Å². The third kappa shape index (κ3) is 4.85. The smallest absolute Gasteiger partial charge is 0.284 e. The van der Waals surface area contributed by atoms with E-state index in [4.69, 9.17) is 34.8 Å². The zero-order valence-electron chi connectivity index (χ0n) is 14.9. The monoisotopic (exact) mass is 466 g/mol. The molecule has 5 nitrogen and oxygen atoms in total. The Morgan fingerprint density at radius 1 is 0.897 bits per heavy atom. The molecule has 0 atom stereocenters. The van der Waals surface area contributed by atoms with Crippen molar-refractivity contribution < 1.29 is 13.2 Å². The minimum atomic E-state index is -4.06. The summed E-state index contributed by atoms with van der Waals surface area (Å²) in [6.07, 6.45) is 1.22. The van der Waals surface area contributed by atoms with Gasteiger partial charge in [-0.15, -0.1) is 4.40 Å². The number of carbonyl (C=O) groups excluding carboxylic acids is 1. The standard InChI is InChI=1S/C20H13Cl3N2O3S/c1-12-7-9-14(10-8-12)29(27,28)25-20(13-5-3-2-4-6-13)24-16-11-15(21)19(26)18(23)17(16)22/h2-11H,1H3. The van der Waals surface area contributed by atoms with Crippen LogP contribution in [0.4, 0.5) is 0 Å². The van der Waals surface area contributed by atoms with Gasteiger partial charge in [-0.3, -0.25) is 4.79 Å². The second kappa shape index (κ2) is 8.63. The number of aliphatic imine (C=N–C) groups is 1. The fourth-order valence-corrected chi connectivity index (χ4v) is 3.95. The molecule has 0 spiro atoms. The van der Waals surface area contributed by atoms with Crippen molar-refractivity contribution in [3.8, 4) is 0 Å². The number of Topliss-reactive ketones (excluding diaryl/α,β-unsaturated/α-hetero) is 1. The number of nitrogens with zero attached hydrogens (tertiary/aromatic N) is 2. The molecule has 2 aromatic rings. The molecule has 0 bridgehead atoms. The van der Waals surface area contributed by atoms with Gasteiger partial charge in [-0.25, -0.2) is 4.99 Å². The number of benzene rings is 2. The molecule has 0 saturated heterocycles. The molecule has 1 aliphatic carbocycles. The Bertz CT molecular complexity index is 1200. The summed E-state index contributed by atoms with van der Waals surface area (Å²) < 4.78 is 29.5. The molecule has 9 heteroatoms. The van der Waals surface area contributed by atoms with Gasteiger partial charge in [0.1, 0.15) is 5.03 Å². The van der Waals surface area contributed by atoms with Crippen molar-refractivity contribution >= 4 is 62.2 Å². The lowest BCUT2D eigenvalue weighted by Gasteiger charge is -2.11. The van der Waals surface area contributed by atoms with Gasteiger partial charge in [0.15, 0.2) is 5.84 Å². The van der Waals surface area contributed by atoms with Gasteiger partial charge in [-0.1, -0.05) is 82.8 Å². The topological polar surface area (TPSA) is 75.9 Å². The molecule has 148 valence electrons.